The average Bonchev–Trinajstić information content (AvgIpc) is 2.96. The van der Waals surface area contributed by atoms with Crippen LogP contribution in [0.5, 0.6) is 0 Å². The van der Waals surface area contributed by atoms with Gasteiger partial charge in [-0.3, -0.25) is 10.1 Å². The fourth-order valence-corrected chi connectivity index (χ4v) is 2.39. The van der Waals surface area contributed by atoms with Crippen LogP contribution in [-0.4, -0.2) is 16.5 Å². The first kappa shape index (κ1) is 14.4. The van der Waals surface area contributed by atoms with Crippen LogP contribution in [0.3, 0.4) is 0 Å². The molecule has 0 aliphatic heterocycles. The first-order valence-electron chi connectivity index (χ1n) is 6.24. The lowest BCUT2D eigenvalue weighted by Crippen LogP contribution is -2.03. The second-order valence-electron chi connectivity index (χ2n) is 4.12. The Balaban J connectivity index is 2.11. The van der Waals surface area contributed by atoms with Crippen molar-refractivity contribution in [3.05, 3.63) is 46.3 Å². The van der Waals surface area contributed by atoms with E-state index in [1.807, 2.05) is 13.0 Å². The van der Waals surface area contributed by atoms with Crippen molar-refractivity contribution in [1.29, 1.82) is 0 Å². The fraction of sp³-hybridized carbons (Fsp3) is 0.308. The topological polar surface area (TPSA) is 81.2 Å². The number of hydrogen-bond donors (Lipinski definition) is 1. The molecule has 2 aromatic rings. The molecule has 0 amide bonds. The second-order valence-corrected chi connectivity index (χ2v) is 5.05. The third-order valence-corrected chi connectivity index (χ3v) is 3.52. The SMILES string of the molecule is CCCNc1cc(CSc2ncco2)ccc1[N+](=O)[O-]. The third kappa shape index (κ3) is 3.74. The number of benzene rings is 1. The highest BCUT2D eigenvalue weighted by Gasteiger charge is 2.14. The molecule has 0 bridgehead atoms. The molecule has 0 saturated carbocycles. The maximum atomic E-state index is 11.0. The van der Waals surface area contributed by atoms with Crippen molar-refractivity contribution < 1.29 is 9.34 Å². The Kier molecular flexibility index (Phi) is 5.00. The number of anilines is 1. The maximum absolute atomic E-state index is 11.0. The molecule has 0 aliphatic carbocycles. The molecule has 0 radical (unpaired) electrons. The Labute approximate surface area is 120 Å². The van der Waals surface area contributed by atoms with Crippen molar-refractivity contribution in [2.75, 3.05) is 11.9 Å². The molecule has 20 heavy (non-hydrogen) atoms. The van der Waals surface area contributed by atoms with Crippen LogP contribution < -0.4 is 5.32 Å². The Morgan fingerprint density at radius 2 is 2.35 bits per heavy atom. The highest BCUT2D eigenvalue weighted by atomic mass is 32.2. The van der Waals surface area contributed by atoms with E-state index in [1.54, 1.807) is 12.3 Å². The van der Waals surface area contributed by atoms with E-state index in [4.69, 9.17) is 4.42 Å². The van der Waals surface area contributed by atoms with Crippen LogP contribution in [0, 0.1) is 10.1 Å². The molecule has 1 heterocycles. The van der Waals surface area contributed by atoms with E-state index < -0.39 is 0 Å². The minimum atomic E-state index is -0.372. The lowest BCUT2D eigenvalue weighted by Gasteiger charge is -2.07. The van der Waals surface area contributed by atoms with Gasteiger partial charge < -0.3 is 9.73 Å². The van der Waals surface area contributed by atoms with Gasteiger partial charge in [0.1, 0.15) is 12.0 Å². The van der Waals surface area contributed by atoms with E-state index in [-0.39, 0.29) is 10.6 Å². The molecule has 2 rings (SSSR count). The van der Waals surface area contributed by atoms with E-state index in [0.717, 1.165) is 12.0 Å². The summed E-state index contributed by atoms with van der Waals surface area (Å²) in [6.45, 7) is 2.72. The monoisotopic (exact) mass is 293 g/mol. The highest BCUT2D eigenvalue weighted by molar-refractivity contribution is 7.98. The first-order valence-corrected chi connectivity index (χ1v) is 7.22. The molecule has 0 fully saturated rings. The summed E-state index contributed by atoms with van der Waals surface area (Å²) in [5.74, 6) is 0.652. The molecule has 106 valence electrons. The van der Waals surface area contributed by atoms with Gasteiger partial charge in [0.15, 0.2) is 0 Å². The molecular weight excluding hydrogens is 278 g/mol. The van der Waals surface area contributed by atoms with Crippen molar-refractivity contribution in [3.63, 3.8) is 0 Å². The normalized spacial score (nSPS) is 10.4. The summed E-state index contributed by atoms with van der Waals surface area (Å²) in [7, 11) is 0. The molecule has 1 aromatic carbocycles. The number of thioether (sulfide) groups is 1. The number of nitrogens with one attached hydrogen (secondary N) is 1. The molecular formula is C13H15N3O3S. The number of hydrogen-bond acceptors (Lipinski definition) is 6. The predicted molar refractivity (Wildman–Crippen MR) is 77.9 cm³/mol. The number of aromatic nitrogens is 1. The summed E-state index contributed by atoms with van der Waals surface area (Å²) < 4.78 is 5.14. The van der Waals surface area contributed by atoms with Crippen LogP contribution in [0.25, 0.3) is 0 Å². The second kappa shape index (κ2) is 6.95. The standard InChI is InChI=1S/C13H15N3O3S/c1-2-5-14-11-8-10(3-4-12(11)16(17)18)9-20-13-15-6-7-19-13/h3-4,6-8,14H,2,5,9H2,1H3. The van der Waals surface area contributed by atoms with Crippen LogP contribution in [0.4, 0.5) is 11.4 Å². The van der Waals surface area contributed by atoms with Gasteiger partial charge in [-0.25, -0.2) is 4.98 Å². The number of rotatable bonds is 7. The number of nitro benzene ring substituents is 1. The summed E-state index contributed by atoms with van der Waals surface area (Å²) in [4.78, 5) is 14.6. The summed E-state index contributed by atoms with van der Waals surface area (Å²) >= 11 is 1.45. The van der Waals surface area contributed by atoms with Crippen molar-refractivity contribution >= 4 is 23.1 Å². The minimum absolute atomic E-state index is 0.100. The Hall–Kier alpha value is -2.02. The quantitative estimate of drug-likeness (QED) is 0.476. The first-order chi connectivity index (χ1) is 9.70. The largest absolute Gasteiger partial charge is 0.440 e. The molecule has 1 N–H and O–H groups in total. The molecule has 0 atom stereocenters. The molecule has 0 aliphatic rings. The fourth-order valence-electron chi connectivity index (χ4n) is 1.66. The zero-order valence-corrected chi connectivity index (χ0v) is 11.9. The maximum Gasteiger partial charge on any atom is 0.292 e. The van der Waals surface area contributed by atoms with Gasteiger partial charge in [-0.05, 0) is 18.1 Å². The van der Waals surface area contributed by atoms with E-state index in [2.05, 4.69) is 10.3 Å². The van der Waals surface area contributed by atoms with E-state index in [0.29, 0.717) is 23.2 Å². The summed E-state index contributed by atoms with van der Waals surface area (Å²) in [5, 5.41) is 14.7. The summed E-state index contributed by atoms with van der Waals surface area (Å²) in [6.07, 6.45) is 4.02. The van der Waals surface area contributed by atoms with Crippen molar-refractivity contribution in [2.45, 2.75) is 24.3 Å². The number of oxazole rings is 1. The Bertz CT molecular complexity index is 572. The van der Waals surface area contributed by atoms with Gasteiger partial charge in [0.25, 0.3) is 10.9 Å². The average molecular weight is 293 g/mol. The van der Waals surface area contributed by atoms with Gasteiger partial charge in [0, 0.05) is 18.4 Å². The molecule has 0 unspecified atom stereocenters. The van der Waals surface area contributed by atoms with Crippen molar-refractivity contribution in [2.24, 2.45) is 0 Å². The molecule has 0 spiro atoms. The van der Waals surface area contributed by atoms with Crippen LogP contribution in [0.15, 0.2) is 40.3 Å². The number of nitro groups is 1. The van der Waals surface area contributed by atoms with E-state index in [9.17, 15) is 10.1 Å². The lowest BCUT2D eigenvalue weighted by atomic mass is 10.2. The van der Waals surface area contributed by atoms with Gasteiger partial charge in [-0.1, -0.05) is 24.8 Å². The van der Waals surface area contributed by atoms with Crippen LogP contribution >= 0.6 is 11.8 Å². The lowest BCUT2D eigenvalue weighted by molar-refractivity contribution is -0.384. The molecule has 7 heteroatoms. The highest BCUT2D eigenvalue weighted by Crippen LogP contribution is 2.28. The Morgan fingerprint density at radius 1 is 1.50 bits per heavy atom. The van der Waals surface area contributed by atoms with Gasteiger partial charge in [-0.15, -0.1) is 0 Å². The summed E-state index contributed by atoms with van der Waals surface area (Å²) in [6, 6.07) is 5.10. The predicted octanol–water partition coefficient (Wildman–Crippen LogP) is 3.70. The van der Waals surface area contributed by atoms with Gasteiger partial charge in [0.05, 0.1) is 11.1 Å². The van der Waals surface area contributed by atoms with Crippen molar-refractivity contribution in [3.8, 4) is 0 Å². The van der Waals surface area contributed by atoms with Gasteiger partial charge >= 0.3 is 0 Å². The van der Waals surface area contributed by atoms with E-state index in [1.165, 1.54) is 24.1 Å². The van der Waals surface area contributed by atoms with Gasteiger partial charge in [-0.2, -0.15) is 0 Å². The van der Waals surface area contributed by atoms with Crippen LogP contribution in [0.2, 0.25) is 0 Å². The van der Waals surface area contributed by atoms with Crippen LogP contribution in [0.1, 0.15) is 18.9 Å². The third-order valence-electron chi connectivity index (χ3n) is 2.60. The number of nitrogens with zero attached hydrogens (tertiary/aromatic N) is 2. The zero-order chi connectivity index (χ0) is 14.4. The minimum Gasteiger partial charge on any atom is -0.440 e. The van der Waals surface area contributed by atoms with Crippen LogP contribution in [-0.2, 0) is 5.75 Å². The molecule has 1 aromatic heterocycles. The van der Waals surface area contributed by atoms with E-state index >= 15 is 0 Å². The molecule has 0 saturated heterocycles. The Morgan fingerprint density at radius 3 is 3.00 bits per heavy atom. The zero-order valence-electron chi connectivity index (χ0n) is 11.0. The summed E-state index contributed by atoms with van der Waals surface area (Å²) in [5.41, 5.74) is 1.64. The van der Waals surface area contributed by atoms with Crippen molar-refractivity contribution in [1.82, 2.24) is 4.98 Å². The smallest absolute Gasteiger partial charge is 0.292 e. The van der Waals surface area contributed by atoms with Gasteiger partial charge in [0.2, 0.25) is 0 Å². The molecule has 6 nitrogen and oxygen atoms in total.